The molecule has 0 bridgehead atoms. The summed E-state index contributed by atoms with van der Waals surface area (Å²) in [6.07, 6.45) is 5.26. The first kappa shape index (κ1) is 31.3. The zero-order valence-corrected chi connectivity index (χ0v) is 22.9. The number of methoxy groups -OCH3 is 1. The number of nitrogens with two attached hydrogens (primary N) is 1. The molecule has 11 heteroatoms. The van der Waals surface area contributed by atoms with E-state index in [1.165, 1.54) is 30.2 Å². The van der Waals surface area contributed by atoms with Crippen molar-refractivity contribution in [3.63, 3.8) is 0 Å². The van der Waals surface area contributed by atoms with Gasteiger partial charge in [0.05, 0.1) is 4.92 Å². The summed E-state index contributed by atoms with van der Waals surface area (Å²) in [5, 5.41) is 12.0. The predicted octanol–water partition coefficient (Wildman–Crippen LogP) is 4.56. The fraction of sp³-hybridized carbons (Fsp3) is 0.560. The smallest absolute Gasteiger partial charge is 0.353 e. The van der Waals surface area contributed by atoms with Crippen molar-refractivity contribution in [1.29, 1.82) is 0 Å². The largest absolute Gasteiger partial charge is 0.385 e. The summed E-state index contributed by atoms with van der Waals surface area (Å²) in [7, 11) is 1.68. The van der Waals surface area contributed by atoms with E-state index in [1.54, 1.807) is 18.3 Å². The van der Waals surface area contributed by atoms with E-state index in [-0.39, 0.29) is 23.7 Å². The van der Waals surface area contributed by atoms with Gasteiger partial charge in [-0.2, -0.15) is 9.97 Å². The van der Waals surface area contributed by atoms with Gasteiger partial charge in [0.15, 0.2) is 5.16 Å². The molecule has 2 N–H and O–H groups in total. The van der Waals surface area contributed by atoms with E-state index in [4.69, 9.17) is 5.73 Å². The van der Waals surface area contributed by atoms with Gasteiger partial charge in [0.25, 0.3) is 0 Å². The van der Waals surface area contributed by atoms with Crippen LogP contribution in [0.3, 0.4) is 0 Å². The fourth-order valence-corrected chi connectivity index (χ4v) is 4.01. The molecule has 1 aliphatic heterocycles. The van der Waals surface area contributed by atoms with Crippen molar-refractivity contribution < 1.29 is 14.5 Å². The van der Waals surface area contributed by atoms with Crippen LogP contribution in [0.4, 0.5) is 17.3 Å². The van der Waals surface area contributed by atoms with Gasteiger partial charge in [0.2, 0.25) is 11.6 Å². The van der Waals surface area contributed by atoms with Gasteiger partial charge in [-0.15, -0.1) is 0 Å². The summed E-state index contributed by atoms with van der Waals surface area (Å²) in [5.41, 5.74) is 7.73. The number of likely N-dealkylation sites (tertiary alicyclic amines) is 1. The number of carbonyl (C=O) groups excluding carboxylic acids is 1. The Bertz CT molecular complexity index is 939. The SMILES string of the molecule is CC.CCOC.CSc1nc(N)c([N+](=O)[O-])c(N(CCC=O)Cc2cccc(CN3CCCC3)c2)n1. The Labute approximate surface area is 218 Å². The molecule has 1 fully saturated rings. The molecule has 1 aliphatic rings. The highest BCUT2D eigenvalue weighted by Gasteiger charge is 2.27. The molecule has 36 heavy (non-hydrogen) atoms. The third-order valence-corrected chi connectivity index (χ3v) is 5.86. The number of thioether (sulfide) groups is 1. The predicted molar refractivity (Wildman–Crippen MR) is 146 cm³/mol. The van der Waals surface area contributed by atoms with Gasteiger partial charge >= 0.3 is 5.69 Å². The first-order chi connectivity index (χ1) is 17.4. The van der Waals surface area contributed by atoms with Gasteiger partial charge in [0, 0.05) is 39.8 Å². The summed E-state index contributed by atoms with van der Waals surface area (Å²) >= 11 is 1.26. The number of anilines is 2. The third-order valence-electron chi connectivity index (χ3n) is 5.31. The molecule has 2 aromatic rings. The Morgan fingerprint density at radius 2 is 1.89 bits per heavy atom. The molecule has 0 radical (unpaired) electrons. The van der Waals surface area contributed by atoms with Crippen LogP contribution >= 0.6 is 11.8 Å². The first-order valence-corrected chi connectivity index (χ1v) is 13.5. The molecule has 0 amide bonds. The molecule has 200 valence electrons. The van der Waals surface area contributed by atoms with Crippen LogP contribution in [0.25, 0.3) is 0 Å². The first-order valence-electron chi connectivity index (χ1n) is 12.3. The standard InChI is InChI=1S/C20H26N6O3S.C3H8O.C2H6/c1-30-20-22-18(21)17(26(28)29)19(23-20)25(10-5-11-27)14-16-7-4-6-15(12-16)13-24-8-2-3-9-24;1-3-4-2;1-2/h4,6-7,11-12H,2-3,5,8-10,13-14H2,1H3,(H2,21,22,23);3H2,1-2H3;1-2H3. The lowest BCUT2D eigenvalue weighted by Gasteiger charge is -2.24. The van der Waals surface area contributed by atoms with Crippen LogP contribution < -0.4 is 10.6 Å². The number of nitrogens with zero attached hydrogens (tertiary/aromatic N) is 5. The third kappa shape index (κ3) is 10.1. The molecule has 10 nitrogen and oxygen atoms in total. The Morgan fingerprint density at radius 1 is 1.25 bits per heavy atom. The zero-order chi connectivity index (χ0) is 26.9. The molecule has 1 aromatic carbocycles. The molecule has 0 aliphatic carbocycles. The number of aldehydes is 1. The molecular weight excluding hydrogens is 480 g/mol. The van der Waals surface area contributed by atoms with E-state index in [0.717, 1.165) is 38.1 Å². The van der Waals surface area contributed by atoms with Crippen LogP contribution in [0.5, 0.6) is 0 Å². The Morgan fingerprint density at radius 3 is 2.44 bits per heavy atom. The van der Waals surface area contributed by atoms with Gasteiger partial charge in [-0.25, -0.2) is 0 Å². The number of nitrogen functional groups attached to an aromatic ring is 1. The highest BCUT2D eigenvalue weighted by molar-refractivity contribution is 7.98. The molecule has 0 unspecified atom stereocenters. The van der Waals surface area contributed by atoms with Crippen LogP contribution in [0.1, 0.15) is 51.2 Å². The van der Waals surface area contributed by atoms with E-state index in [9.17, 15) is 14.9 Å². The highest BCUT2D eigenvalue weighted by atomic mass is 32.2. The van der Waals surface area contributed by atoms with Gasteiger partial charge in [-0.1, -0.05) is 49.9 Å². The molecule has 1 aromatic heterocycles. The molecule has 1 saturated heterocycles. The van der Waals surface area contributed by atoms with Crippen molar-refractivity contribution >= 4 is 35.4 Å². The van der Waals surface area contributed by atoms with E-state index < -0.39 is 4.92 Å². The lowest BCUT2D eigenvalue weighted by Crippen LogP contribution is -2.27. The number of hydrogen-bond acceptors (Lipinski definition) is 10. The van der Waals surface area contributed by atoms with Crippen molar-refractivity contribution in [1.82, 2.24) is 14.9 Å². The molecule has 2 heterocycles. The quantitative estimate of drug-likeness (QED) is 0.148. The van der Waals surface area contributed by atoms with Crippen LogP contribution in [-0.4, -0.2) is 65.7 Å². The lowest BCUT2D eigenvalue weighted by molar-refractivity contribution is -0.383. The minimum atomic E-state index is -0.563. The van der Waals surface area contributed by atoms with E-state index in [1.807, 2.05) is 32.9 Å². The molecule has 0 spiro atoms. The van der Waals surface area contributed by atoms with E-state index in [0.29, 0.717) is 18.2 Å². The summed E-state index contributed by atoms with van der Waals surface area (Å²) in [5.74, 6) is -0.0307. The molecular formula is C25H40N6O4S. The molecule has 0 saturated carbocycles. The second-order valence-corrected chi connectivity index (χ2v) is 8.56. The maximum Gasteiger partial charge on any atom is 0.353 e. The van der Waals surface area contributed by atoms with Crippen molar-refractivity contribution in [2.75, 3.05) is 50.2 Å². The fourth-order valence-electron chi connectivity index (χ4n) is 3.64. The normalized spacial score (nSPS) is 12.7. The Kier molecular flexibility index (Phi) is 15.3. The molecule has 0 atom stereocenters. The average molecular weight is 521 g/mol. The van der Waals surface area contributed by atoms with E-state index >= 15 is 0 Å². The zero-order valence-electron chi connectivity index (χ0n) is 22.1. The number of aromatic nitrogens is 2. The van der Waals surface area contributed by atoms with Gasteiger partial charge < -0.3 is 20.2 Å². The minimum Gasteiger partial charge on any atom is -0.385 e. The maximum atomic E-state index is 11.7. The maximum absolute atomic E-state index is 11.7. The minimum absolute atomic E-state index is 0.142. The summed E-state index contributed by atoms with van der Waals surface area (Å²) in [6.45, 7) is 10.6. The van der Waals surface area contributed by atoms with Crippen molar-refractivity contribution in [3.05, 3.63) is 45.5 Å². The second-order valence-electron chi connectivity index (χ2n) is 7.78. The molecule has 3 rings (SSSR count). The van der Waals surface area contributed by atoms with Gasteiger partial charge in [-0.05, 0) is 50.2 Å². The number of benzene rings is 1. The number of nitro groups is 1. The lowest BCUT2D eigenvalue weighted by atomic mass is 10.1. The van der Waals surface area contributed by atoms with E-state index in [2.05, 4.69) is 31.7 Å². The number of carbonyl (C=O) groups is 1. The second kappa shape index (κ2) is 17.6. The van der Waals surface area contributed by atoms with Crippen LogP contribution in [0.2, 0.25) is 0 Å². The summed E-state index contributed by atoms with van der Waals surface area (Å²) in [6, 6.07) is 8.18. The van der Waals surface area contributed by atoms with Crippen molar-refractivity contribution in [2.45, 2.75) is 58.3 Å². The average Bonchev–Trinajstić information content (AvgIpc) is 3.40. The van der Waals surface area contributed by atoms with Crippen LogP contribution in [0.15, 0.2) is 29.4 Å². The van der Waals surface area contributed by atoms with Gasteiger partial charge in [0.1, 0.15) is 6.29 Å². The number of rotatable bonds is 11. The monoisotopic (exact) mass is 520 g/mol. The van der Waals surface area contributed by atoms with Crippen LogP contribution in [-0.2, 0) is 22.6 Å². The van der Waals surface area contributed by atoms with Crippen molar-refractivity contribution in [3.8, 4) is 0 Å². The van der Waals surface area contributed by atoms with Crippen LogP contribution in [0, 0.1) is 10.1 Å². The van der Waals surface area contributed by atoms with Crippen molar-refractivity contribution in [2.24, 2.45) is 0 Å². The number of ether oxygens (including phenoxy) is 1. The summed E-state index contributed by atoms with van der Waals surface area (Å²) in [4.78, 5) is 34.6. The Balaban J connectivity index is 0.000000982. The Hall–Kier alpha value is -2.76. The topological polar surface area (TPSA) is 128 Å². The summed E-state index contributed by atoms with van der Waals surface area (Å²) < 4.78 is 4.54. The highest BCUT2D eigenvalue weighted by Crippen LogP contribution is 2.33. The number of hydrogen-bond donors (Lipinski definition) is 1. The van der Waals surface area contributed by atoms with Gasteiger partial charge in [-0.3, -0.25) is 15.0 Å².